The van der Waals surface area contributed by atoms with Gasteiger partial charge in [0, 0.05) is 16.9 Å². The minimum atomic E-state index is -1.35. The second-order valence-electron chi connectivity index (χ2n) is 8.87. The van der Waals surface area contributed by atoms with Crippen LogP contribution in [0.5, 0.6) is 0 Å². The highest BCUT2D eigenvalue weighted by Crippen LogP contribution is 2.56. The van der Waals surface area contributed by atoms with Gasteiger partial charge in [-0.3, -0.25) is 24.2 Å². The van der Waals surface area contributed by atoms with Gasteiger partial charge in [0.25, 0.3) is 5.91 Å². The summed E-state index contributed by atoms with van der Waals surface area (Å²) in [5.74, 6) is -1.28. The van der Waals surface area contributed by atoms with E-state index >= 15 is 0 Å². The van der Waals surface area contributed by atoms with E-state index in [9.17, 15) is 18.8 Å². The Morgan fingerprint density at radius 2 is 1.77 bits per heavy atom. The molecule has 2 heterocycles. The summed E-state index contributed by atoms with van der Waals surface area (Å²) in [6, 6.07) is 16.9. The predicted octanol–water partition coefficient (Wildman–Crippen LogP) is 4.67. The largest absolute Gasteiger partial charge is 0.324 e. The zero-order valence-electron chi connectivity index (χ0n) is 19.6. The number of nitrogens with zero attached hydrogens (tertiary/aromatic N) is 2. The SMILES string of the molecule is Cc1ccc(C)c(NC(=O)CN2C(=O)[C@@]3(SCC(=O)N3c3ccc(F)cc3)c3cccc(C)c32)c1. The predicted molar refractivity (Wildman–Crippen MR) is 136 cm³/mol. The van der Waals surface area contributed by atoms with Crippen molar-refractivity contribution in [3.8, 4) is 0 Å². The molecule has 2 aliphatic heterocycles. The number of nitrogens with one attached hydrogen (secondary N) is 1. The summed E-state index contributed by atoms with van der Waals surface area (Å²) >= 11 is 1.23. The molecule has 0 unspecified atom stereocenters. The number of carbonyl (C=O) groups is 3. The van der Waals surface area contributed by atoms with Crippen LogP contribution < -0.4 is 15.1 Å². The van der Waals surface area contributed by atoms with Crippen LogP contribution in [0.15, 0.2) is 60.7 Å². The second-order valence-corrected chi connectivity index (χ2v) is 10.0. The van der Waals surface area contributed by atoms with Gasteiger partial charge in [-0.25, -0.2) is 4.39 Å². The van der Waals surface area contributed by atoms with Crippen LogP contribution in [0.3, 0.4) is 0 Å². The summed E-state index contributed by atoms with van der Waals surface area (Å²) in [6.45, 7) is 5.54. The number of halogens is 1. The number of hydrogen-bond donors (Lipinski definition) is 1. The number of thioether (sulfide) groups is 1. The molecule has 178 valence electrons. The smallest absolute Gasteiger partial charge is 0.269 e. The van der Waals surface area contributed by atoms with Crippen LogP contribution in [0.2, 0.25) is 0 Å². The summed E-state index contributed by atoms with van der Waals surface area (Å²) < 4.78 is 13.6. The van der Waals surface area contributed by atoms with Gasteiger partial charge in [-0.05, 0) is 67.8 Å². The Bertz CT molecular complexity index is 1370. The van der Waals surface area contributed by atoms with Gasteiger partial charge >= 0.3 is 0 Å². The van der Waals surface area contributed by atoms with Crippen LogP contribution in [-0.4, -0.2) is 30.0 Å². The molecule has 0 saturated carbocycles. The molecule has 3 aromatic rings. The molecule has 0 aromatic heterocycles. The molecule has 0 bridgehead atoms. The third-order valence-corrected chi connectivity index (χ3v) is 7.82. The van der Waals surface area contributed by atoms with E-state index in [1.165, 1.54) is 45.8 Å². The molecule has 6 nitrogen and oxygen atoms in total. The molecule has 1 saturated heterocycles. The van der Waals surface area contributed by atoms with Crippen molar-refractivity contribution in [3.63, 3.8) is 0 Å². The minimum absolute atomic E-state index is 0.0963. The number of anilines is 3. The summed E-state index contributed by atoms with van der Waals surface area (Å²) in [6.07, 6.45) is 0. The Kier molecular flexibility index (Phi) is 5.63. The van der Waals surface area contributed by atoms with Crippen molar-refractivity contribution in [2.24, 2.45) is 0 Å². The lowest BCUT2D eigenvalue weighted by atomic mass is 10.0. The van der Waals surface area contributed by atoms with Crippen molar-refractivity contribution < 1.29 is 18.8 Å². The van der Waals surface area contributed by atoms with Crippen LogP contribution >= 0.6 is 11.8 Å². The van der Waals surface area contributed by atoms with E-state index in [1.54, 1.807) is 0 Å². The van der Waals surface area contributed by atoms with Crippen molar-refractivity contribution in [1.29, 1.82) is 0 Å². The van der Waals surface area contributed by atoms with Crippen molar-refractivity contribution in [3.05, 3.63) is 88.7 Å². The minimum Gasteiger partial charge on any atom is -0.324 e. The molecular formula is C27H24FN3O3S. The maximum atomic E-state index is 14.1. The number of para-hydroxylation sites is 1. The quantitative estimate of drug-likeness (QED) is 0.578. The first kappa shape index (κ1) is 23.1. The fraction of sp³-hybridized carbons (Fsp3) is 0.222. The summed E-state index contributed by atoms with van der Waals surface area (Å²) in [7, 11) is 0. The van der Waals surface area contributed by atoms with Gasteiger partial charge in [0.1, 0.15) is 12.4 Å². The van der Waals surface area contributed by atoms with E-state index < -0.39 is 10.7 Å². The number of hydrogen-bond acceptors (Lipinski definition) is 4. The summed E-state index contributed by atoms with van der Waals surface area (Å²) in [5.41, 5.74) is 5.17. The van der Waals surface area contributed by atoms with Crippen molar-refractivity contribution in [2.75, 3.05) is 27.4 Å². The van der Waals surface area contributed by atoms with Gasteiger partial charge in [-0.2, -0.15) is 0 Å². The van der Waals surface area contributed by atoms with E-state index in [-0.39, 0.29) is 30.0 Å². The highest BCUT2D eigenvalue weighted by molar-refractivity contribution is 8.02. The van der Waals surface area contributed by atoms with E-state index in [4.69, 9.17) is 0 Å². The van der Waals surface area contributed by atoms with Gasteiger partial charge in [0.2, 0.25) is 16.7 Å². The molecule has 1 fully saturated rings. The molecule has 3 amide bonds. The highest BCUT2D eigenvalue weighted by atomic mass is 32.2. The Morgan fingerprint density at radius 3 is 2.51 bits per heavy atom. The summed E-state index contributed by atoms with van der Waals surface area (Å²) in [4.78, 5) is 41.8. The second kappa shape index (κ2) is 8.53. The lowest BCUT2D eigenvalue weighted by molar-refractivity contribution is -0.124. The fourth-order valence-corrected chi connectivity index (χ4v) is 6.14. The molecule has 1 N–H and O–H groups in total. The van der Waals surface area contributed by atoms with Gasteiger partial charge < -0.3 is 5.32 Å². The fourth-order valence-electron chi connectivity index (χ4n) is 4.79. The zero-order valence-corrected chi connectivity index (χ0v) is 20.4. The molecule has 8 heteroatoms. The average molecular weight is 490 g/mol. The standard InChI is InChI=1S/C27H24FN3O3S/c1-16-7-8-17(2)22(13-16)29-23(32)14-30-25-18(3)5-4-6-21(25)27(26(30)34)31(24(33)15-35-27)20-11-9-19(28)10-12-20/h4-13H,14-15H2,1-3H3,(H,29,32)/t27-/m0/s1. The number of benzene rings is 3. The van der Waals surface area contributed by atoms with Crippen molar-refractivity contribution in [2.45, 2.75) is 25.6 Å². The molecule has 5 rings (SSSR count). The lowest BCUT2D eigenvalue weighted by Gasteiger charge is -2.33. The maximum Gasteiger partial charge on any atom is 0.269 e. The first-order valence-electron chi connectivity index (χ1n) is 11.2. The van der Waals surface area contributed by atoms with Crippen molar-refractivity contribution >= 4 is 46.5 Å². The molecule has 2 aliphatic rings. The first-order chi connectivity index (χ1) is 16.7. The number of fused-ring (bicyclic) bond motifs is 2. The van der Waals surface area contributed by atoms with Crippen LogP contribution in [0.1, 0.15) is 22.3 Å². The monoisotopic (exact) mass is 489 g/mol. The maximum absolute atomic E-state index is 14.1. The third kappa shape index (κ3) is 3.69. The van der Waals surface area contributed by atoms with Crippen LogP contribution in [-0.2, 0) is 19.3 Å². The van der Waals surface area contributed by atoms with E-state index in [0.717, 1.165) is 16.7 Å². The zero-order chi connectivity index (χ0) is 24.9. The number of aryl methyl sites for hydroxylation is 3. The molecule has 35 heavy (non-hydrogen) atoms. The Morgan fingerprint density at radius 1 is 1.03 bits per heavy atom. The topological polar surface area (TPSA) is 69.7 Å². The number of carbonyl (C=O) groups excluding carboxylic acids is 3. The van der Waals surface area contributed by atoms with Crippen LogP contribution in [0.25, 0.3) is 0 Å². The van der Waals surface area contributed by atoms with Gasteiger partial charge in [0.15, 0.2) is 0 Å². The van der Waals surface area contributed by atoms with Gasteiger partial charge in [-0.15, -0.1) is 11.8 Å². The van der Waals surface area contributed by atoms with E-state index in [1.807, 2.05) is 57.2 Å². The van der Waals surface area contributed by atoms with Crippen LogP contribution in [0, 0.1) is 26.6 Å². The highest BCUT2D eigenvalue weighted by Gasteiger charge is 2.61. The Labute approximate surface area is 207 Å². The normalized spacial score (nSPS) is 19.0. The number of amides is 3. The van der Waals surface area contributed by atoms with Gasteiger partial charge in [0.05, 0.1) is 11.4 Å². The molecule has 0 radical (unpaired) electrons. The molecular weight excluding hydrogens is 465 g/mol. The molecule has 3 aromatic carbocycles. The molecule has 0 aliphatic carbocycles. The van der Waals surface area contributed by atoms with E-state index in [2.05, 4.69) is 5.32 Å². The third-order valence-electron chi connectivity index (χ3n) is 6.43. The Balaban J connectivity index is 1.55. The first-order valence-corrected chi connectivity index (χ1v) is 12.2. The molecule has 1 spiro atoms. The molecule has 1 atom stereocenters. The van der Waals surface area contributed by atoms with Gasteiger partial charge in [-0.1, -0.05) is 30.3 Å². The Hall–Kier alpha value is -3.65. The van der Waals surface area contributed by atoms with Crippen molar-refractivity contribution in [1.82, 2.24) is 0 Å². The lowest BCUT2D eigenvalue weighted by Crippen LogP contribution is -2.50. The number of rotatable bonds is 4. The average Bonchev–Trinajstić information content (AvgIpc) is 3.28. The summed E-state index contributed by atoms with van der Waals surface area (Å²) in [5, 5.41) is 2.92. The van der Waals surface area contributed by atoms with Crippen LogP contribution in [0.4, 0.5) is 21.5 Å². The van der Waals surface area contributed by atoms with E-state index in [0.29, 0.717) is 22.6 Å².